The number of carbonyl (C=O) groups is 2. The number of carbonyl (C=O) groups excluding carboxylic acids is 2. The van der Waals surface area contributed by atoms with E-state index in [9.17, 15) is 9.59 Å². The fourth-order valence-corrected chi connectivity index (χ4v) is 3.56. The lowest BCUT2D eigenvalue weighted by atomic mass is 10.1. The molecule has 0 unspecified atom stereocenters. The number of fused-ring (bicyclic) bond motifs is 1. The molecule has 0 saturated heterocycles. The molecule has 0 spiro atoms. The number of aromatic nitrogens is 2. The van der Waals surface area contributed by atoms with Crippen molar-refractivity contribution in [3.63, 3.8) is 0 Å². The first kappa shape index (κ1) is 17.2. The molecule has 3 heterocycles. The second kappa shape index (κ2) is 7.16. The lowest BCUT2D eigenvalue weighted by molar-refractivity contribution is -0.121. The first-order valence-corrected chi connectivity index (χ1v) is 9.28. The molecule has 3 aromatic rings. The summed E-state index contributed by atoms with van der Waals surface area (Å²) < 4.78 is 5.49. The van der Waals surface area contributed by atoms with Gasteiger partial charge in [-0.15, -0.1) is 11.3 Å². The first-order chi connectivity index (χ1) is 13.2. The summed E-state index contributed by atoms with van der Waals surface area (Å²) in [4.78, 5) is 34.4. The van der Waals surface area contributed by atoms with Gasteiger partial charge in [-0.1, -0.05) is 0 Å². The van der Waals surface area contributed by atoms with Gasteiger partial charge in [-0.25, -0.2) is 4.98 Å². The number of amides is 2. The second-order valence-electron chi connectivity index (χ2n) is 5.84. The van der Waals surface area contributed by atoms with E-state index in [1.165, 1.54) is 11.3 Å². The molecule has 0 saturated carbocycles. The van der Waals surface area contributed by atoms with Crippen LogP contribution in [-0.2, 0) is 4.79 Å². The molecule has 0 radical (unpaired) electrons. The Labute approximate surface area is 159 Å². The predicted octanol–water partition coefficient (Wildman–Crippen LogP) is 3.20. The maximum absolute atomic E-state index is 12.2. The number of nitrogens with zero attached hydrogens (tertiary/aromatic N) is 3. The highest BCUT2D eigenvalue weighted by Gasteiger charge is 2.24. The van der Waals surface area contributed by atoms with E-state index in [2.05, 4.69) is 15.3 Å². The van der Waals surface area contributed by atoms with E-state index in [4.69, 9.17) is 4.74 Å². The summed E-state index contributed by atoms with van der Waals surface area (Å²) in [6.07, 6.45) is 3.14. The van der Waals surface area contributed by atoms with Gasteiger partial charge in [0.25, 0.3) is 11.8 Å². The van der Waals surface area contributed by atoms with E-state index in [1.807, 2.05) is 30.5 Å². The van der Waals surface area contributed by atoms with E-state index in [-0.39, 0.29) is 18.4 Å². The van der Waals surface area contributed by atoms with Gasteiger partial charge >= 0.3 is 0 Å². The van der Waals surface area contributed by atoms with Crippen molar-refractivity contribution >= 4 is 34.0 Å². The molecule has 2 amide bonds. The SMILES string of the molecule is CCN1C(=O)COc2ccc(-c3csc(NC(=O)c4ccncc4)n3)cc21. The van der Waals surface area contributed by atoms with Gasteiger partial charge in [-0.05, 0) is 37.3 Å². The van der Waals surface area contributed by atoms with Gasteiger partial charge in [-0.2, -0.15) is 0 Å². The Morgan fingerprint density at radius 3 is 2.89 bits per heavy atom. The van der Waals surface area contributed by atoms with E-state index < -0.39 is 0 Å². The zero-order valence-corrected chi connectivity index (χ0v) is 15.3. The molecule has 136 valence electrons. The van der Waals surface area contributed by atoms with Crippen LogP contribution in [0, 0.1) is 0 Å². The van der Waals surface area contributed by atoms with Crippen LogP contribution < -0.4 is 15.0 Å². The number of likely N-dealkylation sites (N-methyl/N-ethyl adjacent to an activating group) is 1. The van der Waals surface area contributed by atoms with E-state index in [0.717, 1.165) is 16.9 Å². The molecule has 27 heavy (non-hydrogen) atoms. The quantitative estimate of drug-likeness (QED) is 0.751. The third kappa shape index (κ3) is 3.39. The summed E-state index contributed by atoms with van der Waals surface area (Å²) >= 11 is 1.34. The minimum Gasteiger partial charge on any atom is -0.482 e. The van der Waals surface area contributed by atoms with Crippen molar-refractivity contribution in [3.05, 3.63) is 53.7 Å². The summed E-state index contributed by atoms with van der Waals surface area (Å²) in [6, 6.07) is 8.91. The van der Waals surface area contributed by atoms with Crippen molar-refractivity contribution in [2.24, 2.45) is 0 Å². The molecule has 1 N–H and O–H groups in total. The number of benzene rings is 1. The van der Waals surface area contributed by atoms with Crippen LogP contribution in [0.25, 0.3) is 11.3 Å². The van der Waals surface area contributed by atoms with Gasteiger partial charge in [0.05, 0.1) is 11.4 Å². The zero-order valence-electron chi connectivity index (χ0n) is 14.5. The Morgan fingerprint density at radius 1 is 1.30 bits per heavy atom. The Bertz CT molecular complexity index is 1000. The Hall–Kier alpha value is -3.26. The van der Waals surface area contributed by atoms with Gasteiger partial charge in [-0.3, -0.25) is 19.9 Å². The van der Waals surface area contributed by atoms with Crippen molar-refractivity contribution in [3.8, 4) is 17.0 Å². The second-order valence-corrected chi connectivity index (χ2v) is 6.70. The van der Waals surface area contributed by atoms with E-state index >= 15 is 0 Å². The van der Waals surface area contributed by atoms with Crippen LogP contribution >= 0.6 is 11.3 Å². The number of hydrogen-bond donors (Lipinski definition) is 1. The van der Waals surface area contributed by atoms with Gasteiger partial charge in [0, 0.05) is 35.4 Å². The Balaban J connectivity index is 1.58. The maximum Gasteiger partial charge on any atom is 0.265 e. The van der Waals surface area contributed by atoms with Gasteiger partial charge in [0.2, 0.25) is 0 Å². The lowest BCUT2D eigenvalue weighted by Gasteiger charge is -2.28. The number of ether oxygens (including phenoxy) is 1. The highest BCUT2D eigenvalue weighted by molar-refractivity contribution is 7.14. The van der Waals surface area contributed by atoms with Gasteiger partial charge in [0.1, 0.15) is 5.75 Å². The molecule has 0 aliphatic carbocycles. The van der Waals surface area contributed by atoms with Crippen LogP contribution in [0.5, 0.6) is 5.75 Å². The van der Waals surface area contributed by atoms with Crippen LogP contribution in [0.3, 0.4) is 0 Å². The number of pyridine rings is 1. The summed E-state index contributed by atoms with van der Waals surface area (Å²) in [6.45, 7) is 2.56. The molecule has 8 heteroatoms. The third-order valence-corrected chi connectivity index (χ3v) is 4.94. The topological polar surface area (TPSA) is 84.4 Å². The zero-order chi connectivity index (χ0) is 18.8. The highest BCUT2D eigenvalue weighted by atomic mass is 32.1. The maximum atomic E-state index is 12.2. The molecule has 7 nitrogen and oxygen atoms in total. The summed E-state index contributed by atoms with van der Waals surface area (Å²) in [7, 11) is 0. The molecule has 4 rings (SSSR count). The Kier molecular flexibility index (Phi) is 4.55. The Morgan fingerprint density at radius 2 is 2.11 bits per heavy atom. The normalized spacial score (nSPS) is 13.1. The monoisotopic (exact) mass is 380 g/mol. The summed E-state index contributed by atoms with van der Waals surface area (Å²) in [5.41, 5.74) is 2.83. The van der Waals surface area contributed by atoms with Crippen molar-refractivity contribution in [1.29, 1.82) is 0 Å². The van der Waals surface area contributed by atoms with Crippen molar-refractivity contribution in [2.75, 3.05) is 23.4 Å². The largest absolute Gasteiger partial charge is 0.482 e. The summed E-state index contributed by atoms with van der Waals surface area (Å²) in [5.74, 6) is 0.382. The molecule has 0 atom stereocenters. The molecule has 1 aromatic carbocycles. The summed E-state index contributed by atoms with van der Waals surface area (Å²) in [5, 5.41) is 5.16. The van der Waals surface area contributed by atoms with Crippen molar-refractivity contribution < 1.29 is 14.3 Å². The van der Waals surface area contributed by atoms with Crippen molar-refractivity contribution in [2.45, 2.75) is 6.92 Å². The number of rotatable bonds is 4. The minimum absolute atomic E-state index is 0.0576. The molecule has 0 fully saturated rings. The van der Waals surface area contributed by atoms with Crippen LogP contribution in [0.15, 0.2) is 48.1 Å². The predicted molar refractivity (Wildman–Crippen MR) is 103 cm³/mol. The number of nitrogens with one attached hydrogen (secondary N) is 1. The van der Waals surface area contributed by atoms with Crippen LogP contribution in [0.4, 0.5) is 10.8 Å². The average Bonchev–Trinajstić information content (AvgIpc) is 3.16. The molecule has 1 aliphatic heterocycles. The number of thiazole rings is 1. The fourth-order valence-electron chi connectivity index (χ4n) is 2.84. The molecule has 2 aromatic heterocycles. The molecular weight excluding hydrogens is 364 g/mol. The van der Waals surface area contributed by atoms with E-state index in [0.29, 0.717) is 23.0 Å². The fraction of sp³-hybridized carbons (Fsp3) is 0.158. The van der Waals surface area contributed by atoms with Crippen molar-refractivity contribution in [1.82, 2.24) is 9.97 Å². The molecule has 0 bridgehead atoms. The smallest absolute Gasteiger partial charge is 0.265 e. The molecular formula is C19H16N4O3S. The van der Waals surface area contributed by atoms with Gasteiger partial charge < -0.3 is 9.64 Å². The third-order valence-electron chi connectivity index (χ3n) is 4.18. The van der Waals surface area contributed by atoms with Crippen LogP contribution in [0.2, 0.25) is 0 Å². The average molecular weight is 380 g/mol. The molecule has 1 aliphatic rings. The highest BCUT2D eigenvalue weighted by Crippen LogP contribution is 2.36. The van der Waals surface area contributed by atoms with Crippen LogP contribution in [-0.4, -0.2) is 34.9 Å². The van der Waals surface area contributed by atoms with Gasteiger partial charge in [0.15, 0.2) is 11.7 Å². The van der Waals surface area contributed by atoms with Crippen LogP contribution in [0.1, 0.15) is 17.3 Å². The first-order valence-electron chi connectivity index (χ1n) is 8.40. The van der Waals surface area contributed by atoms with E-state index in [1.54, 1.807) is 29.4 Å². The number of hydrogen-bond acceptors (Lipinski definition) is 6. The number of anilines is 2. The minimum atomic E-state index is -0.236. The standard InChI is InChI=1S/C19H16N4O3S/c1-2-23-15-9-13(3-4-16(15)26-10-17(23)24)14-11-27-19(21-14)22-18(25)12-5-7-20-8-6-12/h3-9,11H,2,10H2,1H3,(H,21,22,25). The lowest BCUT2D eigenvalue weighted by Crippen LogP contribution is -2.38.